The smallest absolute Gasteiger partial charge is 0.181 e. The van der Waals surface area contributed by atoms with Crippen molar-refractivity contribution in [2.24, 2.45) is 0 Å². The number of thiophene rings is 6. The molecule has 62 heavy (non-hydrogen) atoms. The maximum Gasteiger partial charge on any atom is 0.181 e. The van der Waals surface area contributed by atoms with Crippen molar-refractivity contribution in [2.75, 3.05) is 79.3 Å². The van der Waals surface area contributed by atoms with Crippen LogP contribution >= 0.6 is 68.0 Å². The van der Waals surface area contributed by atoms with E-state index in [0.717, 1.165) is 87.9 Å². The van der Waals surface area contributed by atoms with E-state index in [0.29, 0.717) is 125 Å². The second kappa shape index (κ2) is 16.1. The average Bonchev–Trinajstić information content (AvgIpc) is 4.17. The first-order valence-corrected chi connectivity index (χ1v) is 25.8. The summed E-state index contributed by atoms with van der Waals surface area (Å²) >= 11 is 9.82. The van der Waals surface area contributed by atoms with E-state index in [1.165, 1.54) is 0 Å². The van der Waals surface area contributed by atoms with E-state index in [1.807, 2.05) is 13.8 Å². The van der Waals surface area contributed by atoms with Crippen LogP contribution in [0.15, 0.2) is 0 Å². The van der Waals surface area contributed by atoms with E-state index in [-0.39, 0.29) is 5.41 Å². The predicted molar refractivity (Wildman–Crippen MR) is 246 cm³/mol. The van der Waals surface area contributed by atoms with Crippen molar-refractivity contribution < 1.29 is 56.8 Å². The summed E-state index contributed by atoms with van der Waals surface area (Å²) in [5.41, 5.74) is -0.142. The van der Waals surface area contributed by atoms with Crippen LogP contribution in [0.3, 0.4) is 0 Å². The van der Waals surface area contributed by atoms with Gasteiger partial charge in [0, 0.05) is 5.41 Å². The van der Waals surface area contributed by atoms with Crippen LogP contribution < -0.4 is 56.8 Å². The lowest BCUT2D eigenvalue weighted by Gasteiger charge is -2.22. The normalized spacial score (nSPS) is 16.7. The van der Waals surface area contributed by atoms with E-state index in [2.05, 4.69) is 27.7 Å². The summed E-state index contributed by atoms with van der Waals surface area (Å²) in [5, 5.41) is 0. The first kappa shape index (κ1) is 40.6. The molecular weight excluding hydrogens is 913 g/mol. The van der Waals surface area contributed by atoms with E-state index < -0.39 is 0 Å². The highest BCUT2D eigenvalue weighted by molar-refractivity contribution is 7.32. The molecule has 328 valence electrons. The molecule has 6 aromatic rings. The molecule has 12 rings (SSSR count). The largest absolute Gasteiger partial charge is 0.485 e. The predicted octanol–water partition coefficient (Wildman–Crippen LogP) is 11.9. The molecule has 0 atom stereocenters. The summed E-state index contributed by atoms with van der Waals surface area (Å²) in [6.45, 7) is 18.2. The van der Waals surface area contributed by atoms with Gasteiger partial charge in [0.1, 0.15) is 79.3 Å². The van der Waals surface area contributed by atoms with E-state index in [4.69, 9.17) is 56.8 Å². The fourth-order valence-corrected chi connectivity index (χ4v) is 15.7. The molecule has 0 aromatic carbocycles. The van der Waals surface area contributed by atoms with Gasteiger partial charge in [0.25, 0.3) is 0 Å². The number of fused-ring (bicyclic) bond motifs is 6. The second-order valence-corrected chi connectivity index (χ2v) is 21.6. The molecule has 0 aliphatic carbocycles. The molecule has 12 nitrogen and oxygen atoms in total. The summed E-state index contributed by atoms with van der Waals surface area (Å²) in [6, 6.07) is 0. The molecule has 12 heterocycles. The van der Waals surface area contributed by atoms with Gasteiger partial charge in [-0.1, -0.05) is 41.5 Å². The zero-order valence-electron chi connectivity index (χ0n) is 35.0. The molecule has 18 heteroatoms. The van der Waals surface area contributed by atoms with Crippen molar-refractivity contribution in [3.8, 4) is 118 Å². The zero-order valence-corrected chi connectivity index (χ0v) is 39.9. The average molecular weight is 957 g/mol. The molecule has 0 unspecified atom stereocenters. The Labute approximate surface area is 382 Å². The van der Waals surface area contributed by atoms with Crippen molar-refractivity contribution in [1.82, 2.24) is 0 Å². The van der Waals surface area contributed by atoms with Crippen molar-refractivity contribution in [3.05, 3.63) is 9.75 Å². The van der Waals surface area contributed by atoms with Gasteiger partial charge in [-0.25, -0.2) is 0 Å². The van der Waals surface area contributed by atoms with Crippen molar-refractivity contribution in [1.29, 1.82) is 0 Å². The highest BCUT2D eigenvalue weighted by Gasteiger charge is 2.41. The number of hydrogen-bond acceptors (Lipinski definition) is 18. The van der Waals surface area contributed by atoms with Crippen LogP contribution in [0, 0.1) is 0 Å². The number of aryl methyl sites for hydroxylation is 1. The van der Waals surface area contributed by atoms with E-state index in [1.54, 1.807) is 68.0 Å². The first-order chi connectivity index (χ1) is 30.4. The molecule has 0 N–H and O–H groups in total. The van der Waals surface area contributed by atoms with Crippen LogP contribution in [0.1, 0.15) is 51.3 Å². The summed E-state index contributed by atoms with van der Waals surface area (Å²) < 4.78 is 76.7. The van der Waals surface area contributed by atoms with Crippen LogP contribution in [-0.2, 0) is 11.8 Å². The van der Waals surface area contributed by atoms with Gasteiger partial charge in [0.05, 0.1) is 58.5 Å². The molecular formula is C44H44O12S6. The molecule has 0 spiro atoms. The SMILES string of the molecule is CC.CCc1sc(-c2sc(-c3sc(-c4sc(-c5sc(-c6sc(C(C)(C)C)c7c6OCCO7)c6c5OCCO6)c5c4OCCO5)c4c3OCCO4)c3c2OCCO3)c2c1OCCO2. The Morgan fingerprint density at radius 2 is 0.516 bits per heavy atom. The first-order valence-electron chi connectivity index (χ1n) is 20.9. The Balaban J connectivity index is 0.00000213. The quantitative estimate of drug-likeness (QED) is 0.158. The van der Waals surface area contributed by atoms with Gasteiger partial charge in [0.15, 0.2) is 69.0 Å². The molecule has 0 fully saturated rings. The topological polar surface area (TPSA) is 111 Å². The van der Waals surface area contributed by atoms with Gasteiger partial charge in [0.2, 0.25) is 0 Å². The monoisotopic (exact) mass is 956 g/mol. The van der Waals surface area contributed by atoms with Crippen LogP contribution in [0.4, 0.5) is 0 Å². The molecule has 6 aliphatic heterocycles. The standard InChI is InChI=1S/C42H38O12S6.C2H6/c1-5-18-19-20(44-7-6-43-19)31(55-18)32-21-22(46-9-8-45-21)33(56-32)34-23-24(48-11-10-47-23)35(57-34)36-25-26(50-13-12-49-25)37(58-36)38-27-28(52-15-14-51-27)39(59-38)40-29-30(54-17-16-53-29)41(60-40)42(2,3)4;1-2/h5-17H2,1-4H3;1-2H3. The summed E-state index contributed by atoms with van der Waals surface area (Å²) in [4.78, 5) is 11.6. The Kier molecular flexibility index (Phi) is 10.5. The highest BCUT2D eigenvalue weighted by Crippen LogP contribution is 2.68. The van der Waals surface area contributed by atoms with Gasteiger partial charge in [-0.15, -0.1) is 68.0 Å². The molecule has 0 bridgehead atoms. The molecule has 0 radical (unpaired) electrons. The van der Waals surface area contributed by atoms with E-state index >= 15 is 0 Å². The highest BCUT2D eigenvalue weighted by atomic mass is 32.1. The van der Waals surface area contributed by atoms with Crippen LogP contribution in [0.2, 0.25) is 0 Å². The minimum Gasteiger partial charge on any atom is -0.485 e. The van der Waals surface area contributed by atoms with Gasteiger partial charge >= 0.3 is 0 Å². The summed E-state index contributed by atoms with van der Waals surface area (Å²) in [7, 11) is 0. The minimum atomic E-state index is -0.142. The second-order valence-electron chi connectivity index (χ2n) is 15.4. The molecule has 0 saturated heterocycles. The molecule has 6 aliphatic rings. The zero-order chi connectivity index (χ0) is 42.3. The number of hydrogen-bond donors (Lipinski definition) is 0. The minimum absolute atomic E-state index is 0.142. The fourth-order valence-electron chi connectivity index (χ4n) is 7.98. The lowest BCUT2D eigenvalue weighted by molar-refractivity contribution is 0.170. The maximum absolute atomic E-state index is 6.51. The molecule has 0 amide bonds. The summed E-state index contributed by atoms with van der Waals surface area (Å²) in [5.74, 6) is 8.73. The van der Waals surface area contributed by atoms with Crippen molar-refractivity contribution in [3.63, 3.8) is 0 Å². The summed E-state index contributed by atoms with van der Waals surface area (Å²) in [6.07, 6.45) is 0.840. The van der Waals surface area contributed by atoms with Crippen molar-refractivity contribution >= 4 is 68.0 Å². The maximum atomic E-state index is 6.51. The lowest BCUT2D eigenvalue weighted by atomic mass is 9.94. The molecule has 0 saturated carbocycles. The van der Waals surface area contributed by atoms with Crippen LogP contribution in [-0.4, -0.2) is 79.3 Å². The van der Waals surface area contributed by atoms with Crippen LogP contribution in [0.25, 0.3) is 48.8 Å². The third-order valence-corrected chi connectivity index (χ3v) is 18.8. The van der Waals surface area contributed by atoms with Gasteiger partial charge in [-0.3, -0.25) is 0 Å². The van der Waals surface area contributed by atoms with Crippen molar-refractivity contribution in [2.45, 2.75) is 53.4 Å². The third kappa shape index (κ3) is 6.40. The lowest BCUT2D eigenvalue weighted by Crippen LogP contribution is -2.18. The Morgan fingerprint density at radius 1 is 0.306 bits per heavy atom. The Morgan fingerprint density at radius 3 is 0.790 bits per heavy atom. The Bertz CT molecular complexity index is 2680. The van der Waals surface area contributed by atoms with Crippen LogP contribution in [0.5, 0.6) is 69.0 Å². The number of ether oxygens (including phenoxy) is 12. The van der Waals surface area contributed by atoms with Gasteiger partial charge < -0.3 is 56.8 Å². The fraction of sp³-hybridized carbons (Fsp3) is 0.455. The molecule has 6 aromatic heterocycles. The van der Waals surface area contributed by atoms with E-state index in [9.17, 15) is 0 Å². The number of rotatable bonds is 6. The third-order valence-electron chi connectivity index (χ3n) is 10.5. The Hall–Kier alpha value is -4.20. The van der Waals surface area contributed by atoms with Gasteiger partial charge in [-0.2, -0.15) is 0 Å². The van der Waals surface area contributed by atoms with Gasteiger partial charge in [-0.05, 0) is 6.42 Å².